The van der Waals surface area contributed by atoms with Crippen molar-refractivity contribution in [1.82, 2.24) is 0 Å². The van der Waals surface area contributed by atoms with Crippen LogP contribution in [0.4, 0.5) is 0 Å². The Hall–Kier alpha value is -0.300. The number of unbranched alkanes of at least 4 members (excludes halogenated alkanes) is 5. The normalized spacial score (nSPS) is 26.1. The highest BCUT2D eigenvalue weighted by Gasteiger charge is 2.26. The van der Waals surface area contributed by atoms with Crippen molar-refractivity contribution < 1.29 is 4.74 Å². The van der Waals surface area contributed by atoms with Crippen LogP contribution in [-0.4, -0.2) is 12.7 Å². The van der Waals surface area contributed by atoms with E-state index in [0.29, 0.717) is 12.0 Å². The Labute approximate surface area is 94.9 Å². The minimum atomic E-state index is 0.462. The van der Waals surface area contributed by atoms with Gasteiger partial charge in [0.15, 0.2) is 0 Å². The summed E-state index contributed by atoms with van der Waals surface area (Å²) < 4.78 is 5.71. The molecular formula is C14H26O. The first-order chi connectivity index (χ1) is 7.25. The zero-order chi connectivity index (χ0) is 11.1. The molecule has 0 radical (unpaired) electrons. The highest BCUT2D eigenvalue weighted by atomic mass is 16.5. The zero-order valence-electron chi connectivity index (χ0n) is 10.4. The molecule has 0 bridgehead atoms. The third kappa shape index (κ3) is 4.38. The average Bonchev–Trinajstić information content (AvgIpc) is 2.54. The van der Waals surface area contributed by atoms with Crippen molar-refractivity contribution in [2.45, 2.75) is 64.9 Å². The summed E-state index contributed by atoms with van der Waals surface area (Å²) >= 11 is 0. The van der Waals surface area contributed by atoms with Crippen LogP contribution in [-0.2, 0) is 4.74 Å². The molecule has 1 fully saturated rings. The lowest BCUT2D eigenvalue weighted by Crippen LogP contribution is -2.13. The molecule has 0 spiro atoms. The van der Waals surface area contributed by atoms with Crippen LogP contribution in [0.5, 0.6) is 0 Å². The van der Waals surface area contributed by atoms with E-state index in [1.54, 1.807) is 0 Å². The van der Waals surface area contributed by atoms with E-state index >= 15 is 0 Å². The number of hydrogen-bond acceptors (Lipinski definition) is 1. The lowest BCUT2D eigenvalue weighted by Gasteiger charge is -2.14. The van der Waals surface area contributed by atoms with Crippen LogP contribution in [0.1, 0.15) is 58.8 Å². The fourth-order valence-corrected chi connectivity index (χ4v) is 2.21. The van der Waals surface area contributed by atoms with E-state index in [2.05, 4.69) is 20.4 Å². The average molecular weight is 210 g/mol. The Bertz CT molecular complexity index is 186. The van der Waals surface area contributed by atoms with Crippen LogP contribution in [0.2, 0.25) is 0 Å². The second-order valence-electron chi connectivity index (χ2n) is 4.85. The molecule has 0 aromatic heterocycles. The molecule has 1 aliphatic heterocycles. The molecule has 0 aromatic rings. The summed E-state index contributed by atoms with van der Waals surface area (Å²) in [5.74, 6) is 0.584. The number of rotatable bonds is 7. The van der Waals surface area contributed by atoms with Crippen molar-refractivity contribution in [1.29, 1.82) is 0 Å². The molecule has 1 heteroatoms. The Kier molecular flexibility index (Phi) is 6.00. The summed E-state index contributed by atoms with van der Waals surface area (Å²) in [5.41, 5.74) is 1.28. The van der Waals surface area contributed by atoms with Crippen molar-refractivity contribution in [2.24, 2.45) is 5.92 Å². The van der Waals surface area contributed by atoms with E-state index < -0.39 is 0 Å². The highest BCUT2D eigenvalue weighted by molar-refractivity contribution is 5.06. The van der Waals surface area contributed by atoms with Crippen molar-refractivity contribution >= 4 is 0 Å². The summed E-state index contributed by atoms with van der Waals surface area (Å²) in [7, 11) is 0. The van der Waals surface area contributed by atoms with Crippen LogP contribution >= 0.6 is 0 Å². The van der Waals surface area contributed by atoms with Crippen molar-refractivity contribution in [3.8, 4) is 0 Å². The molecule has 0 aliphatic carbocycles. The smallest absolute Gasteiger partial charge is 0.0681 e. The van der Waals surface area contributed by atoms with Gasteiger partial charge in [0.05, 0.1) is 12.7 Å². The Morgan fingerprint density at radius 1 is 1.20 bits per heavy atom. The predicted molar refractivity (Wildman–Crippen MR) is 66.0 cm³/mol. The first kappa shape index (κ1) is 12.8. The lowest BCUT2D eigenvalue weighted by molar-refractivity contribution is 0.0851. The summed E-state index contributed by atoms with van der Waals surface area (Å²) in [6, 6.07) is 0. The Morgan fingerprint density at radius 2 is 1.87 bits per heavy atom. The van der Waals surface area contributed by atoms with Gasteiger partial charge in [-0.15, -0.1) is 0 Å². The van der Waals surface area contributed by atoms with Gasteiger partial charge in [0.1, 0.15) is 0 Å². The first-order valence-corrected chi connectivity index (χ1v) is 6.55. The molecule has 0 N–H and O–H groups in total. The second kappa shape index (κ2) is 7.05. The molecule has 0 amide bonds. The summed E-state index contributed by atoms with van der Waals surface area (Å²) in [6.07, 6.45) is 9.93. The van der Waals surface area contributed by atoms with E-state index in [0.717, 1.165) is 6.61 Å². The van der Waals surface area contributed by atoms with Crippen molar-refractivity contribution in [2.75, 3.05) is 6.61 Å². The van der Waals surface area contributed by atoms with Crippen LogP contribution in [0.25, 0.3) is 0 Å². The van der Waals surface area contributed by atoms with Crippen LogP contribution in [0, 0.1) is 5.92 Å². The van der Waals surface area contributed by atoms with Crippen molar-refractivity contribution in [3.63, 3.8) is 0 Å². The largest absolute Gasteiger partial charge is 0.373 e. The Balaban J connectivity index is 1.98. The van der Waals surface area contributed by atoms with Gasteiger partial charge in [0.2, 0.25) is 0 Å². The molecule has 15 heavy (non-hydrogen) atoms. The third-order valence-corrected chi connectivity index (χ3v) is 3.53. The quantitative estimate of drug-likeness (QED) is 0.449. The summed E-state index contributed by atoms with van der Waals surface area (Å²) in [5, 5.41) is 0. The number of hydrogen-bond donors (Lipinski definition) is 0. The van der Waals surface area contributed by atoms with E-state index in [1.165, 1.54) is 50.5 Å². The fourth-order valence-electron chi connectivity index (χ4n) is 2.21. The fraction of sp³-hybridized carbons (Fsp3) is 0.857. The predicted octanol–water partition coefficient (Wildman–Crippen LogP) is 4.33. The molecular weight excluding hydrogens is 184 g/mol. The standard InChI is InChI=1S/C14H26O/c1-4-5-6-7-8-9-10-14-13(3)12(2)11-15-14/h13-14H,2,4-11H2,1,3H3/t13-,14+/m1/s1. The summed E-state index contributed by atoms with van der Waals surface area (Å²) in [4.78, 5) is 0. The first-order valence-electron chi connectivity index (χ1n) is 6.55. The molecule has 1 heterocycles. The van der Waals surface area contributed by atoms with Gasteiger partial charge in [-0.05, 0) is 12.0 Å². The maximum absolute atomic E-state index is 5.71. The van der Waals surface area contributed by atoms with Crippen LogP contribution in [0.15, 0.2) is 12.2 Å². The maximum atomic E-state index is 5.71. The minimum Gasteiger partial charge on any atom is -0.373 e. The molecule has 0 unspecified atom stereocenters. The molecule has 1 saturated heterocycles. The van der Waals surface area contributed by atoms with E-state index in [1.807, 2.05) is 0 Å². The maximum Gasteiger partial charge on any atom is 0.0681 e. The van der Waals surface area contributed by atoms with Gasteiger partial charge >= 0.3 is 0 Å². The molecule has 0 saturated carbocycles. The Morgan fingerprint density at radius 3 is 2.47 bits per heavy atom. The van der Waals surface area contributed by atoms with Gasteiger partial charge < -0.3 is 4.74 Å². The number of ether oxygens (including phenoxy) is 1. The summed E-state index contributed by atoms with van der Waals surface area (Å²) in [6.45, 7) is 9.33. The molecule has 2 atom stereocenters. The van der Waals surface area contributed by atoms with E-state index in [-0.39, 0.29) is 0 Å². The lowest BCUT2D eigenvalue weighted by atomic mass is 9.95. The van der Waals surface area contributed by atoms with Gasteiger partial charge in [-0.25, -0.2) is 0 Å². The SMILES string of the molecule is C=C1CO[C@@H](CCCCCCCC)[C@@H]1C. The molecule has 0 aromatic carbocycles. The highest BCUT2D eigenvalue weighted by Crippen LogP contribution is 2.28. The zero-order valence-corrected chi connectivity index (χ0v) is 10.4. The van der Waals surface area contributed by atoms with Crippen LogP contribution in [0.3, 0.4) is 0 Å². The van der Waals surface area contributed by atoms with Gasteiger partial charge in [0.25, 0.3) is 0 Å². The molecule has 1 nitrogen and oxygen atoms in total. The minimum absolute atomic E-state index is 0.462. The third-order valence-electron chi connectivity index (χ3n) is 3.53. The van der Waals surface area contributed by atoms with Gasteiger partial charge in [-0.1, -0.05) is 59.0 Å². The van der Waals surface area contributed by atoms with Gasteiger partial charge in [0, 0.05) is 5.92 Å². The molecule has 1 rings (SSSR count). The van der Waals surface area contributed by atoms with Crippen molar-refractivity contribution in [3.05, 3.63) is 12.2 Å². The van der Waals surface area contributed by atoms with Gasteiger partial charge in [-0.3, -0.25) is 0 Å². The monoisotopic (exact) mass is 210 g/mol. The van der Waals surface area contributed by atoms with Crippen LogP contribution < -0.4 is 0 Å². The van der Waals surface area contributed by atoms with Gasteiger partial charge in [-0.2, -0.15) is 0 Å². The molecule has 88 valence electrons. The van der Waals surface area contributed by atoms with E-state index in [4.69, 9.17) is 4.74 Å². The second-order valence-corrected chi connectivity index (χ2v) is 4.85. The molecule has 1 aliphatic rings. The van der Waals surface area contributed by atoms with E-state index in [9.17, 15) is 0 Å². The topological polar surface area (TPSA) is 9.23 Å².